The largest absolute Gasteiger partial charge is 0.333 e. The van der Waals surface area contributed by atoms with Gasteiger partial charge in [-0.05, 0) is 27.7 Å². The Kier molecular flexibility index (Phi) is 8.56. The molecule has 0 radical (unpaired) electrons. The molecule has 94 valence electrons. The van der Waals surface area contributed by atoms with Gasteiger partial charge in [-0.15, -0.1) is 0 Å². The first-order chi connectivity index (χ1) is 7.60. The maximum absolute atomic E-state index is 11.6. The van der Waals surface area contributed by atoms with Gasteiger partial charge in [-0.1, -0.05) is 0 Å². The highest BCUT2D eigenvalue weighted by atomic mass is 33.1. The van der Waals surface area contributed by atoms with Crippen LogP contribution in [0.1, 0.15) is 27.7 Å². The second kappa shape index (κ2) is 8.75. The Balaban J connectivity index is 4.04. The van der Waals surface area contributed by atoms with Gasteiger partial charge in [0.1, 0.15) is 0 Å². The van der Waals surface area contributed by atoms with E-state index in [1.54, 1.807) is 9.80 Å². The van der Waals surface area contributed by atoms with Gasteiger partial charge in [-0.2, -0.15) is 0 Å². The highest BCUT2D eigenvalue weighted by molar-refractivity contribution is 8.87. The molecular weight excluding hydrogens is 244 g/mol. The fourth-order valence-corrected chi connectivity index (χ4v) is 3.07. The average molecular weight is 264 g/mol. The van der Waals surface area contributed by atoms with E-state index in [9.17, 15) is 9.59 Å². The van der Waals surface area contributed by atoms with E-state index in [2.05, 4.69) is 0 Å². The van der Waals surface area contributed by atoms with E-state index in [-0.39, 0.29) is 10.5 Å². The van der Waals surface area contributed by atoms with Gasteiger partial charge < -0.3 is 9.80 Å². The van der Waals surface area contributed by atoms with E-state index in [1.807, 2.05) is 27.7 Å². The molecule has 0 saturated carbocycles. The Hall–Kier alpha value is -0.360. The van der Waals surface area contributed by atoms with Crippen LogP contribution >= 0.6 is 21.6 Å². The summed E-state index contributed by atoms with van der Waals surface area (Å²) in [6, 6.07) is 0. The smallest absolute Gasteiger partial charge is 0.292 e. The number of hydrogen-bond donors (Lipinski definition) is 0. The zero-order valence-electron chi connectivity index (χ0n) is 10.4. The van der Waals surface area contributed by atoms with Crippen LogP contribution in [-0.2, 0) is 0 Å². The van der Waals surface area contributed by atoms with Crippen molar-refractivity contribution in [3.05, 3.63) is 0 Å². The molecule has 4 nitrogen and oxygen atoms in total. The number of hydrogen-bond acceptors (Lipinski definition) is 4. The third kappa shape index (κ3) is 5.12. The number of carbonyl (C=O) groups is 2. The lowest BCUT2D eigenvalue weighted by Gasteiger charge is -2.19. The minimum atomic E-state index is -0.0458. The molecule has 0 rings (SSSR count). The first-order valence-electron chi connectivity index (χ1n) is 5.52. The molecule has 0 bridgehead atoms. The Morgan fingerprint density at radius 2 is 1.00 bits per heavy atom. The van der Waals surface area contributed by atoms with Crippen LogP contribution in [-0.4, -0.2) is 46.5 Å². The molecule has 2 amide bonds. The summed E-state index contributed by atoms with van der Waals surface area (Å²) >= 11 is 0. The molecule has 0 heterocycles. The predicted molar refractivity (Wildman–Crippen MR) is 71.8 cm³/mol. The molecule has 0 aromatic carbocycles. The summed E-state index contributed by atoms with van der Waals surface area (Å²) in [6.45, 7) is 10.4. The number of nitrogens with zero attached hydrogens (tertiary/aromatic N) is 2. The Morgan fingerprint density at radius 3 is 1.19 bits per heavy atom. The molecular formula is C10H20N2O2S2. The Bertz CT molecular complexity index is 205. The fraction of sp³-hybridized carbons (Fsp3) is 0.800. The molecule has 6 heteroatoms. The molecule has 0 aliphatic rings. The van der Waals surface area contributed by atoms with E-state index in [0.717, 1.165) is 21.6 Å². The van der Waals surface area contributed by atoms with Crippen LogP contribution in [0.4, 0.5) is 9.59 Å². The van der Waals surface area contributed by atoms with E-state index >= 15 is 0 Å². The first kappa shape index (κ1) is 15.6. The summed E-state index contributed by atoms with van der Waals surface area (Å²) in [5.41, 5.74) is 0. The summed E-state index contributed by atoms with van der Waals surface area (Å²) in [5.74, 6) is 0. The number of rotatable bonds is 4. The second-order valence-electron chi connectivity index (χ2n) is 3.04. The van der Waals surface area contributed by atoms with Gasteiger partial charge in [0.05, 0.1) is 0 Å². The van der Waals surface area contributed by atoms with Crippen LogP contribution in [0, 0.1) is 0 Å². The highest BCUT2D eigenvalue weighted by Crippen LogP contribution is 2.27. The maximum Gasteiger partial charge on any atom is 0.292 e. The lowest BCUT2D eigenvalue weighted by molar-refractivity contribution is 0.227. The molecule has 0 N–H and O–H groups in total. The molecule has 0 saturated heterocycles. The van der Waals surface area contributed by atoms with Crippen LogP contribution < -0.4 is 0 Å². The van der Waals surface area contributed by atoms with Gasteiger partial charge in [0, 0.05) is 47.8 Å². The highest BCUT2D eigenvalue weighted by Gasteiger charge is 2.16. The van der Waals surface area contributed by atoms with Gasteiger partial charge in [-0.3, -0.25) is 9.59 Å². The van der Waals surface area contributed by atoms with Crippen molar-refractivity contribution in [2.75, 3.05) is 26.2 Å². The van der Waals surface area contributed by atoms with Crippen molar-refractivity contribution in [1.82, 2.24) is 9.80 Å². The third-order valence-corrected chi connectivity index (χ3v) is 4.22. The molecule has 0 fully saturated rings. The molecule has 0 spiro atoms. The van der Waals surface area contributed by atoms with Crippen molar-refractivity contribution in [1.29, 1.82) is 0 Å². The van der Waals surface area contributed by atoms with E-state index in [4.69, 9.17) is 0 Å². The van der Waals surface area contributed by atoms with Crippen LogP contribution in [0.5, 0.6) is 0 Å². The minimum absolute atomic E-state index is 0.0458. The van der Waals surface area contributed by atoms with E-state index in [0.29, 0.717) is 26.2 Å². The van der Waals surface area contributed by atoms with Crippen molar-refractivity contribution in [2.24, 2.45) is 0 Å². The predicted octanol–water partition coefficient (Wildman–Crippen LogP) is 3.29. The minimum Gasteiger partial charge on any atom is -0.333 e. The molecule has 0 aliphatic heterocycles. The SMILES string of the molecule is CCN(CC)C(=O)SSC(=O)N(CC)CC. The molecule has 16 heavy (non-hydrogen) atoms. The molecule has 0 atom stereocenters. The van der Waals surface area contributed by atoms with E-state index < -0.39 is 0 Å². The van der Waals surface area contributed by atoms with Crippen molar-refractivity contribution < 1.29 is 9.59 Å². The summed E-state index contributed by atoms with van der Waals surface area (Å²) < 4.78 is 0. The topological polar surface area (TPSA) is 40.6 Å². The molecule has 0 unspecified atom stereocenters. The van der Waals surface area contributed by atoms with Crippen LogP contribution in [0.25, 0.3) is 0 Å². The van der Waals surface area contributed by atoms with Crippen LogP contribution in [0.2, 0.25) is 0 Å². The number of carbonyl (C=O) groups excluding carboxylic acids is 2. The standard InChI is InChI=1S/C10H20N2O2S2/c1-5-11(6-2)9(13)15-16-10(14)12(7-3)8-4/h5-8H2,1-4H3. The first-order valence-corrected chi connectivity index (χ1v) is 7.67. The zero-order valence-corrected chi connectivity index (χ0v) is 12.0. The Morgan fingerprint density at radius 1 is 0.750 bits per heavy atom. The van der Waals surface area contributed by atoms with Crippen molar-refractivity contribution in [3.8, 4) is 0 Å². The van der Waals surface area contributed by atoms with E-state index in [1.165, 1.54) is 0 Å². The fourth-order valence-electron chi connectivity index (χ4n) is 1.14. The summed E-state index contributed by atoms with van der Waals surface area (Å²) in [5, 5.41) is -0.0917. The van der Waals surface area contributed by atoms with Crippen molar-refractivity contribution in [2.45, 2.75) is 27.7 Å². The second-order valence-corrected chi connectivity index (χ2v) is 5.07. The van der Waals surface area contributed by atoms with Gasteiger partial charge in [0.15, 0.2) is 0 Å². The third-order valence-electron chi connectivity index (χ3n) is 2.23. The van der Waals surface area contributed by atoms with Gasteiger partial charge in [-0.25, -0.2) is 0 Å². The molecule has 0 aromatic rings. The Labute approximate surface area is 106 Å². The maximum atomic E-state index is 11.6. The van der Waals surface area contributed by atoms with Gasteiger partial charge in [0.2, 0.25) is 0 Å². The summed E-state index contributed by atoms with van der Waals surface area (Å²) in [6.07, 6.45) is 0. The van der Waals surface area contributed by atoms with Crippen molar-refractivity contribution in [3.63, 3.8) is 0 Å². The molecule has 0 aromatic heterocycles. The summed E-state index contributed by atoms with van der Waals surface area (Å²) in [4.78, 5) is 26.6. The summed E-state index contributed by atoms with van der Waals surface area (Å²) in [7, 11) is 2.03. The van der Waals surface area contributed by atoms with Gasteiger partial charge >= 0.3 is 0 Å². The molecule has 0 aliphatic carbocycles. The van der Waals surface area contributed by atoms with Gasteiger partial charge in [0.25, 0.3) is 10.5 Å². The van der Waals surface area contributed by atoms with Crippen molar-refractivity contribution >= 4 is 32.1 Å². The normalized spacial score (nSPS) is 10.0. The van der Waals surface area contributed by atoms with Crippen LogP contribution in [0.3, 0.4) is 0 Å². The lowest BCUT2D eigenvalue weighted by atomic mass is 10.6. The monoisotopic (exact) mass is 264 g/mol. The average Bonchev–Trinajstić information content (AvgIpc) is 2.29. The lowest BCUT2D eigenvalue weighted by Crippen LogP contribution is -2.28. The van der Waals surface area contributed by atoms with Crippen LogP contribution in [0.15, 0.2) is 0 Å². The quantitative estimate of drug-likeness (QED) is 0.731. The number of amides is 2. The zero-order chi connectivity index (χ0) is 12.6.